The van der Waals surface area contributed by atoms with Crippen molar-refractivity contribution in [2.45, 2.75) is 18.6 Å². The van der Waals surface area contributed by atoms with Gasteiger partial charge < -0.3 is 14.6 Å². The first kappa shape index (κ1) is 10.9. The molecule has 0 saturated heterocycles. The normalized spacial score (nSPS) is 14.6. The SMILES string of the molecule is OC(Cc1ccoc1)C(O)c1ccccc1. The fourth-order valence-electron chi connectivity index (χ4n) is 1.63. The van der Waals surface area contributed by atoms with Gasteiger partial charge in [0, 0.05) is 6.42 Å². The summed E-state index contributed by atoms with van der Waals surface area (Å²) in [6.07, 6.45) is 1.82. The zero-order chi connectivity index (χ0) is 11.4. The number of furan rings is 1. The molecule has 84 valence electrons. The smallest absolute Gasteiger partial charge is 0.105 e. The van der Waals surface area contributed by atoms with Gasteiger partial charge in [-0.15, -0.1) is 0 Å². The van der Waals surface area contributed by atoms with Crippen molar-refractivity contribution in [1.82, 2.24) is 0 Å². The standard InChI is InChI=1S/C13H14O3/c14-12(8-10-6-7-16-9-10)13(15)11-4-2-1-3-5-11/h1-7,9,12-15H,8H2. The van der Waals surface area contributed by atoms with Crippen LogP contribution < -0.4 is 0 Å². The molecular weight excluding hydrogens is 204 g/mol. The minimum Gasteiger partial charge on any atom is -0.472 e. The van der Waals surface area contributed by atoms with Crippen LogP contribution in [0, 0.1) is 0 Å². The minimum absolute atomic E-state index is 0.382. The van der Waals surface area contributed by atoms with Gasteiger partial charge in [0.15, 0.2) is 0 Å². The Balaban J connectivity index is 2.02. The molecule has 2 N–H and O–H groups in total. The van der Waals surface area contributed by atoms with Crippen molar-refractivity contribution in [3.63, 3.8) is 0 Å². The highest BCUT2D eigenvalue weighted by molar-refractivity contribution is 5.19. The molecule has 3 heteroatoms. The molecule has 0 fully saturated rings. The number of hydrogen-bond acceptors (Lipinski definition) is 3. The van der Waals surface area contributed by atoms with Crippen LogP contribution in [0.25, 0.3) is 0 Å². The van der Waals surface area contributed by atoms with E-state index in [9.17, 15) is 10.2 Å². The van der Waals surface area contributed by atoms with Crippen LogP contribution in [0.3, 0.4) is 0 Å². The average molecular weight is 218 g/mol. The van der Waals surface area contributed by atoms with E-state index in [1.54, 1.807) is 30.7 Å². The molecule has 1 aromatic heterocycles. The Morgan fingerprint density at radius 3 is 2.44 bits per heavy atom. The van der Waals surface area contributed by atoms with Gasteiger partial charge in [-0.2, -0.15) is 0 Å². The monoisotopic (exact) mass is 218 g/mol. The summed E-state index contributed by atoms with van der Waals surface area (Å²) in [5.41, 5.74) is 1.60. The van der Waals surface area contributed by atoms with Gasteiger partial charge in [-0.3, -0.25) is 0 Å². The molecule has 0 saturated carbocycles. The Bertz CT molecular complexity index is 408. The summed E-state index contributed by atoms with van der Waals surface area (Å²) in [6, 6.07) is 10.9. The second-order valence-electron chi connectivity index (χ2n) is 3.76. The first-order valence-electron chi connectivity index (χ1n) is 5.19. The predicted molar refractivity (Wildman–Crippen MR) is 59.8 cm³/mol. The second kappa shape index (κ2) is 4.96. The van der Waals surface area contributed by atoms with Crippen molar-refractivity contribution < 1.29 is 14.6 Å². The number of aliphatic hydroxyl groups excluding tert-OH is 2. The Kier molecular flexibility index (Phi) is 3.39. The van der Waals surface area contributed by atoms with E-state index in [2.05, 4.69) is 0 Å². The van der Waals surface area contributed by atoms with Crippen molar-refractivity contribution in [3.8, 4) is 0 Å². The van der Waals surface area contributed by atoms with Crippen LogP contribution in [0.2, 0.25) is 0 Å². The zero-order valence-corrected chi connectivity index (χ0v) is 8.78. The number of benzene rings is 1. The van der Waals surface area contributed by atoms with E-state index >= 15 is 0 Å². The van der Waals surface area contributed by atoms with Gasteiger partial charge in [0.25, 0.3) is 0 Å². The van der Waals surface area contributed by atoms with Gasteiger partial charge >= 0.3 is 0 Å². The van der Waals surface area contributed by atoms with Gasteiger partial charge in [-0.05, 0) is 17.2 Å². The molecule has 16 heavy (non-hydrogen) atoms. The van der Waals surface area contributed by atoms with Crippen LogP contribution in [0.1, 0.15) is 17.2 Å². The van der Waals surface area contributed by atoms with E-state index in [0.29, 0.717) is 6.42 Å². The van der Waals surface area contributed by atoms with Crippen molar-refractivity contribution in [2.24, 2.45) is 0 Å². The highest BCUT2D eigenvalue weighted by atomic mass is 16.3. The molecule has 1 heterocycles. The van der Waals surface area contributed by atoms with Gasteiger partial charge in [0.2, 0.25) is 0 Å². The first-order chi connectivity index (χ1) is 7.77. The Morgan fingerprint density at radius 1 is 1.06 bits per heavy atom. The summed E-state index contributed by atoms with van der Waals surface area (Å²) < 4.78 is 4.91. The van der Waals surface area contributed by atoms with Crippen molar-refractivity contribution in [3.05, 3.63) is 60.1 Å². The highest BCUT2D eigenvalue weighted by Gasteiger charge is 2.18. The quantitative estimate of drug-likeness (QED) is 0.824. The van der Waals surface area contributed by atoms with Gasteiger partial charge in [0.05, 0.1) is 18.6 Å². The maximum Gasteiger partial charge on any atom is 0.105 e. The first-order valence-corrected chi connectivity index (χ1v) is 5.19. The summed E-state index contributed by atoms with van der Waals surface area (Å²) in [4.78, 5) is 0. The van der Waals surface area contributed by atoms with E-state index in [4.69, 9.17) is 4.42 Å². The molecule has 3 nitrogen and oxygen atoms in total. The maximum atomic E-state index is 9.91. The van der Waals surface area contributed by atoms with Crippen molar-refractivity contribution in [1.29, 1.82) is 0 Å². The van der Waals surface area contributed by atoms with E-state index in [1.807, 2.05) is 18.2 Å². The molecule has 2 atom stereocenters. The molecule has 0 aliphatic rings. The molecule has 2 aromatic rings. The fraction of sp³-hybridized carbons (Fsp3) is 0.231. The third kappa shape index (κ3) is 2.51. The van der Waals surface area contributed by atoms with Crippen molar-refractivity contribution >= 4 is 0 Å². The lowest BCUT2D eigenvalue weighted by Gasteiger charge is -2.17. The highest BCUT2D eigenvalue weighted by Crippen LogP contribution is 2.19. The Hall–Kier alpha value is -1.58. The van der Waals surface area contributed by atoms with Crippen LogP contribution >= 0.6 is 0 Å². The molecule has 0 bridgehead atoms. The summed E-state index contributed by atoms with van der Waals surface area (Å²) in [5, 5.41) is 19.8. The summed E-state index contributed by atoms with van der Waals surface area (Å²) >= 11 is 0. The van der Waals surface area contributed by atoms with E-state index in [0.717, 1.165) is 11.1 Å². The van der Waals surface area contributed by atoms with E-state index in [-0.39, 0.29) is 0 Å². The molecule has 0 radical (unpaired) electrons. The maximum absolute atomic E-state index is 9.91. The van der Waals surface area contributed by atoms with Crippen molar-refractivity contribution in [2.75, 3.05) is 0 Å². The van der Waals surface area contributed by atoms with Crippen LogP contribution in [0.15, 0.2) is 53.3 Å². The third-order valence-electron chi connectivity index (χ3n) is 2.53. The molecular formula is C13H14O3. The largest absolute Gasteiger partial charge is 0.472 e. The lowest BCUT2D eigenvalue weighted by Crippen LogP contribution is -2.20. The summed E-state index contributed by atoms with van der Waals surface area (Å²) in [6.45, 7) is 0. The van der Waals surface area contributed by atoms with Crippen LogP contribution in [-0.4, -0.2) is 16.3 Å². The number of aliphatic hydroxyl groups is 2. The fourth-order valence-corrected chi connectivity index (χ4v) is 1.63. The predicted octanol–water partition coefficient (Wildman–Crippen LogP) is 1.92. The Morgan fingerprint density at radius 2 is 1.81 bits per heavy atom. The van der Waals surface area contributed by atoms with E-state index in [1.165, 1.54) is 0 Å². The van der Waals surface area contributed by atoms with E-state index < -0.39 is 12.2 Å². The Labute approximate surface area is 94.0 Å². The lowest BCUT2D eigenvalue weighted by atomic mass is 10.00. The van der Waals surface area contributed by atoms with Crippen LogP contribution in [0.5, 0.6) is 0 Å². The zero-order valence-electron chi connectivity index (χ0n) is 8.78. The molecule has 2 unspecified atom stereocenters. The molecule has 1 aromatic carbocycles. The van der Waals surface area contributed by atoms with Gasteiger partial charge in [0.1, 0.15) is 6.10 Å². The minimum atomic E-state index is -0.865. The van der Waals surface area contributed by atoms with Gasteiger partial charge in [-0.1, -0.05) is 30.3 Å². The molecule has 0 amide bonds. The van der Waals surface area contributed by atoms with Crippen LogP contribution in [-0.2, 0) is 6.42 Å². The molecule has 0 aliphatic heterocycles. The summed E-state index contributed by atoms with van der Waals surface area (Å²) in [5.74, 6) is 0. The molecule has 0 aliphatic carbocycles. The third-order valence-corrected chi connectivity index (χ3v) is 2.53. The lowest BCUT2D eigenvalue weighted by molar-refractivity contribution is 0.0189. The van der Waals surface area contributed by atoms with Gasteiger partial charge in [-0.25, -0.2) is 0 Å². The number of hydrogen-bond donors (Lipinski definition) is 2. The van der Waals surface area contributed by atoms with Crippen LogP contribution in [0.4, 0.5) is 0 Å². The summed E-state index contributed by atoms with van der Waals surface area (Å²) in [7, 11) is 0. The number of rotatable bonds is 4. The average Bonchev–Trinajstić information content (AvgIpc) is 2.82. The molecule has 0 spiro atoms. The molecule has 2 rings (SSSR count). The second-order valence-corrected chi connectivity index (χ2v) is 3.76. The topological polar surface area (TPSA) is 53.6 Å².